The molecule has 2 N–H and O–H groups in total. The van der Waals surface area contributed by atoms with Crippen molar-refractivity contribution in [1.82, 2.24) is 0 Å². The first kappa shape index (κ1) is 22.2. The minimum Gasteiger partial charge on any atom is -0.481 e. The Morgan fingerprint density at radius 1 is 1.10 bits per heavy atom. The molecule has 0 heterocycles. The molecule has 0 aromatic heterocycles. The van der Waals surface area contributed by atoms with Crippen molar-refractivity contribution in [3.8, 4) is 0 Å². The molecule has 0 spiro atoms. The largest absolute Gasteiger partial charge is 0.481 e. The van der Waals surface area contributed by atoms with Crippen molar-refractivity contribution >= 4 is 11.9 Å². The SMILES string of the molecule is CC(CC(=O)O)CC(C)(C)C.CCCCC(CC)C(=O)O. The van der Waals surface area contributed by atoms with Gasteiger partial charge in [0.2, 0.25) is 0 Å². The lowest BCUT2D eigenvalue weighted by molar-refractivity contribution is -0.142. The number of rotatable bonds is 8. The number of hydrogen-bond acceptors (Lipinski definition) is 2. The van der Waals surface area contributed by atoms with Crippen LogP contribution in [0.3, 0.4) is 0 Å². The van der Waals surface area contributed by atoms with Crippen LogP contribution in [0.5, 0.6) is 0 Å². The lowest BCUT2D eigenvalue weighted by Gasteiger charge is -2.21. The molecule has 0 rings (SSSR count). The van der Waals surface area contributed by atoms with Gasteiger partial charge in [0, 0.05) is 6.42 Å². The van der Waals surface area contributed by atoms with Gasteiger partial charge < -0.3 is 10.2 Å². The van der Waals surface area contributed by atoms with Gasteiger partial charge in [-0.3, -0.25) is 9.59 Å². The third kappa shape index (κ3) is 16.9. The van der Waals surface area contributed by atoms with Crippen LogP contribution in [-0.2, 0) is 9.59 Å². The smallest absolute Gasteiger partial charge is 0.306 e. The minimum absolute atomic E-state index is 0.111. The van der Waals surface area contributed by atoms with Gasteiger partial charge >= 0.3 is 11.9 Å². The molecule has 4 heteroatoms. The molecule has 0 aliphatic rings. The Kier molecular flexibility index (Phi) is 12.3. The lowest BCUT2D eigenvalue weighted by atomic mass is 9.84. The van der Waals surface area contributed by atoms with Crippen molar-refractivity contribution in [2.75, 3.05) is 0 Å². The van der Waals surface area contributed by atoms with E-state index in [1.54, 1.807) is 0 Å². The van der Waals surface area contributed by atoms with Crippen molar-refractivity contribution < 1.29 is 19.8 Å². The zero-order valence-electron chi connectivity index (χ0n) is 14.6. The van der Waals surface area contributed by atoms with Crippen LogP contribution in [0.4, 0.5) is 0 Å². The molecule has 0 aliphatic carbocycles. The molecule has 0 fully saturated rings. The summed E-state index contributed by atoms with van der Waals surface area (Å²) in [6.07, 6.45) is 4.98. The summed E-state index contributed by atoms with van der Waals surface area (Å²) in [6.45, 7) is 12.4. The van der Waals surface area contributed by atoms with Crippen LogP contribution in [0.25, 0.3) is 0 Å². The molecule has 4 nitrogen and oxygen atoms in total. The van der Waals surface area contributed by atoms with E-state index in [-0.39, 0.29) is 23.7 Å². The Balaban J connectivity index is 0. The van der Waals surface area contributed by atoms with Gasteiger partial charge in [0.15, 0.2) is 0 Å². The van der Waals surface area contributed by atoms with Crippen LogP contribution in [-0.4, -0.2) is 22.2 Å². The first-order valence-electron chi connectivity index (χ1n) is 7.98. The summed E-state index contributed by atoms with van der Waals surface area (Å²) in [7, 11) is 0. The van der Waals surface area contributed by atoms with E-state index in [1.165, 1.54) is 0 Å². The second-order valence-corrected chi connectivity index (χ2v) is 7.05. The van der Waals surface area contributed by atoms with Crippen LogP contribution in [0.15, 0.2) is 0 Å². The molecule has 0 bridgehead atoms. The van der Waals surface area contributed by atoms with Crippen molar-refractivity contribution in [3.63, 3.8) is 0 Å². The summed E-state index contributed by atoms with van der Waals surface area (Å²) in [6, 6.07) is 0. The Morgan fingerprint density at radius 3 is 1.90 bits per heavy atom. The van der Waals surface area contributed by atoms with E-state index in [0.717, 1.165) is 32.1 Å². The number of hydrogen-bond donors (Lipinski definition) is 2. The van der Waals surface area contributed by atoms with Gasteiger partial charge in [0.25, 0.3) is 0 Å². The molecule has 0 aromatic carbocycles. The zero-order chi connectivity index (χ0) is 17.1. The average molecular weight is 302 g/mol. The number of carbonyl (C=O) groups is 2. The summed E-state index contributed by atoms with van der Waals surface area (Å²) in [5.41, 5.74) is 0.245. The van der Waals surface area contributed by atoms with Gasteiger partial charge in [0.05, 0.1) is 5.92 Å². The summed E-state index contributed by atoms with van der Waals surface area (Å²) in [5, 5.41) is 17.1. The lowest BCUT2D eigenvalue weighted by Crippen LogP contribution is -2.13. The average Bonchev–Trinajstić information content (AvgIpc) is 2.26. The highest BCUT2D eigenvalue weighted by molar-refractivity contribution is 5.69. The predicted octanol–water partition coefficient (Wildman–Crippen LogP) is 4.82. The van der Waals surface area contributed by atoms with Crippen LogP contribution in [0.2, 0.25) is 0 Å². The van der Waals surface area contributed by atoms with Crippen LogP contribution < -0.4 is 0 Å². The van der Waals surface area contributed by atoms with E-state index >= 15 is 0 Å². The van der Waals surface area contributed by atoms with Gasteiger partial charge in [-0.2, -0.15) is 0 Å². The molecule has 0 aliphatic heterocycles. The van der Waals surface area contributed by atoms with Gasteiger partial charge in [-0.15, -0.1) is 0 Å². The maximum Gasteiger partial charge on any atom is 0.306 e. The number of carboxylic acids is 2. The molecule has 2 unspecified atom stereocenters. The molecule has 0 amide bonds. The first-order chi connectivity index (χ1) is 9.53. The van der Waals surface area contributed by atoms with E-state index < -0.39 is 11.9 Å². The van der Waals surface area contributed by atoms with Crippen LogP contribution in [0.1, 0.15) is 80.1 Å². The molecule has 0 saturated carbocycles. The summed E-state index contributed by atoms with van der Waals surface area (Å²) in [4.78, 5) is 20.7. The van der Waals surface area contributed by atoms with Gasteiger partial charge in [-0.1, -0.05) is 54.4 Å². The second kappa shape index (κ2) is 11.6. The molecule has 0 saturated heterocycles. The fraction of sp³-hybridized carbons (Fsp3) is 0.882. The highest BCUT2D eigenvalue weighted by atomic mass is 16.4. The molecule has 0 aromatic rings. The zero-order valence-corrected chi connectivity index (χ0v) is 14.6. The van der Waals surface area contributed by atoms with Gasteiger partial charge in [0.1, 0.15) is 0 Å². The molecule has 126 valence electrons. The minimum atomic E-state index is -0.693. The third-order valence-corrected chi connectivity index (χ3v) is 3.23. The molecule has 21 heavy (non-hydrogen) atoms. The Hall–Kier alpha value is -1.06. The predicted molar refractivity (Wildman–Crippen MR) is 86.4 cm³/mol. The Morgan fingerprint density at radius 2 is 1.62 bits per heavy atom. The number of aliphatic carboxylic acids is 2. The van der Waals surface area contributed by atoms with E-state index in [9.17, 15) is 9.59 Å². The highest BCUT2D eigenvalue weighted by Crippen LogP contribution is 2.25. The van der Waals surface area contributed by atoms with Gasteiger partial charge in [-0.25, -0.2) is 0 Å². The summed E-state index contributed by atoms with van der Waals surface area (Å²) < 4.78 is 0. The summed E-state index contributed by atoms with van der Waals surface area (Å²) >= 11 is 0. The normalized spacial score (nSPS) is 13.8. The molecule has 2 atom stereocenters. The molecule has 0 radical (unpaired) electrons. The van der Waals surface area contributed by atoms with Crippen LogP contribution >= 0.6 is 0 Å². The number of carboxylic acid groups (broad SMARTS) is 2. The maximum absolute atomic E-state index is 10.4. The highest BCUT2D eigenvalue weighted by Gasteiger charge is 2.17. The van der Waals surface area contributed by atoms with E-state index in [4.69, 9.17) is 10.2 Å². The van der Waals surface area contributed by atoms with Crippen molar-refractivity contribution in [2.24, 2.45) is 17.3 Å². The second-order valence-electron chi connectivity index (χ2n) is 7.05. The summed E-state index contributed by atoms with van der Waals surface area (Å²) in [5.74, 6) is -1.16. The fourth-order valence-corrected chi connectivity index (χ4v) is 2.37. The van der Waals surface area contributed by atoms with E-state index in [2.05, 4.69) is 27.7 Å². The quantitative estimate of drug-likeness (QED) is 0.674. The monoisotopic (exact) mass is 302 g/mol. The van der Waals surface area contributed by atoms with E-state index in [0.29, 0.717) is 0 Å². The van der Waals surface area contributed by atoms with Gasteiger partial charge in [-0.05, 0) is 30.6 Å². The number of unbranched alkanes of at least 4 members (excludes halogenated alkanes) is 1. The Labute approximate surface area is 129 Å². The van der Waals surface area contributed by atoms with E-state index in [1.807, 2.05) is 13.8 Å². The topological polar surface area (TPSA) is 74.6 Å². The molecular weight excluding hydrogens is 268 g/mol. The maximum atomic E-state index is 10.4. The van der Waals surface area contributed by atoms with Crippen LogP contribution in [0, 0.1) is 17.3 Å². The fourth-order valence-electron chi connectivity index (χ4n) is 2.37. The first-order valence-corrected chi connectivity index (χ1v) is 7.98. The van der Waals surface area contributed by atoms with Crippen molar-refractivity contribution in [1.29, 1.82) is 0 Å². The molecular formula is C17H34O4. The Bertz CT molecular complexity index is 292. The third-order valence-electron chi connectivity index (χ3n) is 3.23. The standard InChI is InChI=1S/C9H18O2.C8H16O2/c1-7(5-8(10)11)6-9(2,3)4;1-3-5-6-7(4-2)8(9)10/h7H,5-6H2,1-4H3,(H,10,11);7H,3-6H2,1-2H3,(H,9,10). The van der Waals surface area contributed by atoms with Crippen molar-refractivity contribution in [3.05, 3.63) is 0 Å². The van der Waals surface area contributed by atoms with Crippen molar-refractivity contribution in [2.45, 2.75) is 80.1 Å².